The van der Waals surface area contributed by atoms with Gasteiger partial charge in [-0.15, -0.1) is 0 Å². The Kier molecular flexibility index (Phi) is 4.64. The number of aryl methyl sites for hydroxylation is 1. The Hall–Kier alpha value is -2.63. The first-order valence-corrected chi connectivity index (χ1v) is 8.14. The Labute approximate surface area is 141 Å². The topological polar surface area (TPSA) is 64.4 Å². The van der Waals surface area contributed by atoms with Crippen molar-refractivity contribution in [3.8, 4) is 0 Å². The van der Waals surface area contributed by atoms with E-state index in [-0.39, 0.29) is 5.91 Å². The normalized spacial score (nSPS) is 13.5. The quantitative estimate of drug-likeness (QED) is 0.805. The fourth-order valence-corrected chi connectivity index (χ4v) is 2.85. The van der Waals surface area contributed by atoms with E-state index in [0.29, 0.717) is 38.4 Å². The molecule has 0 saturated heterocycles. The van der Waals surface area contributed by atoms with E-state index in [4.69, 9.17) is 4.74 Å². The van der Waals surface area contributed by atoms with Gasteiger partial charge < -0.3 is 14.2 Å². The minimum Gasteiger partial charge on any atom is -0.461 e. The summed E-state index contributed by atoms with van der Waals surface area (Å²) in [7, 11) is 0. The molecule has 1 aromatic heterocycles. The Morgan fingerprint density at radius 3 is 2.79 bits per heavy atom. The van der Waals surface area contributed by atoms with Crippen LogP contribution in [0, 0.1) is 6.92 Å². The standard InChI is InChI=1S/C18H21N3O3/c1-3-24-18(23)15-11-20-8-9-21(12-16(20)19-15)17(22)10-14-7-5-4-6-13(14)2/h4-7,11H,3,8-10,12H2,1-2H3. The molecule has 2 heterocycles. The Morgan fingerprint density at radius 1 is 1.25 bits per heavy atom. The highest BCUT2D eigenvalue weighted by molar-refractivity contribution is 5.87. The first kappa shape index (κ1) is 16.2. The summed E-state index contributed by atoms with van der Waals surface area (Å²) in [6, 6.07) is 7.91. The molecule has 0 aliphatic carbocycles. The SMILES string of the molecule is CCOC(=O)c1cn2c(n1)CN(C(=O)Cc1ccccc1C)CC2. The van der Waals surface area contributed by atoms with E-state index in [9.17, 15) is 9.59 Å². The molecule has 0 unspecified atom stereocenters. The van der Waals surface area contributed by atoms with Gasteiger partial charge in [0.05, 0.1) is 19.6 Å². The molecule has 24 heavy (non-hydrogen) atoms. The molecule has 2 aromatic rings. The number of benzene rings is 1. The van der Waals surface area contributed by atoms with E-state index >= 15 is 0 Å². The Balaban J connectivity index is 1.69. The van der Waals surface area contributed by atoms with E-state index < -0.39 is 5.97 Å². The van der Waals surface area contributed by atoms with E-state index in [2.05, 4.69) is 4.98 Å². The van der Waals surface area contributed by atoms with Gasteiger partial charge in [0.2, 0.25) is 5.91 Å². The minimum atomic E-state index is -0.419. The fraction of sp³-hybridized carbons (Fsp3) is 0.389. The van der Waals surface area contributed by atoms with Gasteiger partial charge >= 0.3 is 5.97 Å². The summed E-state index contributed by atoms with van der Waals surface area (Å²) in [6.45, 7) is 5.78. The van der Waals surface area contributed by atoms with Gasteiger partial charge in [-0.3, -0.25) is 4.79 Å². The lowest BCUT2D eigenvalue weighted by molar-refractivity contribution is -0.132. The third-order valence-electron chi connectivity index (χ3n) is 4.24. The zero-order valence-electron chi connectivity index (χ0n) is 14.0. The van der Waals surface area contributed by atoms with Crippen molar-refractivity contribution in [2.24, 2.45) is 0 Å². The van der Waals surface area contributed by atoms with Gasteiger partial charge in [0.15, 0.2) is 5.69 Å². The second-order valence-corrected chi connectivity index (χ2v) is 5.87. The molecule has 1 aromatic carbocycles. The Bertz CT molecular complexity index is 767. The number of carbonyl (C=O) groups is 2. The maximum absolute atomic E-state index is 12.6. The van der Waals surface area contributed by atoms with Crippen molar-refractivity contribution >= 4 is 11.9 Å². The number of ether oxygens (including phenoxy) is 1. The number of carbonyl (C=O) groups excluding carboxylic acids is 2. The maximum atomic E-state index is 12.6. The second-order valence-electron chi connectivity index (χ2n) is 5.87. The molecule has 0 saturated carbocycles. The van der Waals surface area contributed by atoms with E-state index in [1.54, 1.807) is 18.0 Å². The highest BCUT2D eigenvalue weighted by Gasteiger charge is 2.24. The van der Waals surface area contributed by atoms with E-state index in [0.717, 1.165) is 17.0 Å². The van der Waals surface area contributed by atoms with Crippen LogP contribution in [-0.2, 0) is 29.0 Å². The smallest absolute Gasteiger partial charge is 0.358 e. The van der Waals surface area contributed by atoms with Gasteiger partial charge in [-0.1, -0.05) is 24.3 Å². The lowest BCUT2D eigenvalue weighted by Crippen LogP contribution is -2.39. The van der Waals surface area contributed by atoms with Crippen molar-refractivity contribution in [2.75, 3.05) is 13.2 Å². The zero-order valence-corrected chi connectivity index (χ0v) is 14.0. The summed E-state index contributed by atoms with van der Waals surface area (Å²) in [5.74, 6) is 0.385. The van der Waals surface area contributed by atoms with Crippen molar-refractivity contribution in [3.05, 3.63) is 53.1 Å². The third kappa shape index (κ3) is 3.32. The number of fused-ring (bicyclic) bond motifs is 1. The predicted octanol–water partition coefficient (Wildman–Crippen LogP) is 1.95. The number of nitrogens with zero attached hydrogens (tertiary/aromatic N) is 3. The van der Waals surface area contributed by atoms with Crippen LogP contribution in [0.25, 0.3) is 0 Å². The number of imidazole rings is 1. The molecule has 126 valence electrons. The second kappa shape index (κ2) is 6.86. The summed E-state index contributed by atoms with van der Waals surface area (Å²) >= 11 is 0. The van der Waals surface area contributed by atoms with Crippen molar-refractivity contribution in [3.63, 3.8) is 0 Å². The maximum Gasteiger partial charge on any atom is 0.358 e. The first-order valence-electron chi connectivity index (χ1n) is 8.14. The van der Waals surface area contributed by atoms with Crippen molar-refractivity contribution < 1.29 is 14.3 Å². The van der Waals surface area contributed by atoms with Crippen LogP contribution in [0.4, 0.5) is 0 Å². The number of hydrogen-bond acceptors (Lipinski definition) is 4. The molecule has 0 radical (unpaired) electrons. The number of amides is 1. The molecule has 1 amide bonds. The van der Waals surface area contributed by atoms with Crippen LogP contribution in [0.5, 0.6) is 0 Å². The molecule has 0 bridgehead atoms. The van der Waals surface area contributed by atoms with Crippen molar-refractivity contribution in [1.82, 2.24) is 14.5 Å². The van der Waals surface area contributed by atoms with Crippen LogP contribution in [0.2, 0.25) is 0 Å². The first-order chi connectivity index (χ1) is 11.6. The third-order valence-corrected chi connectivity index (χ3v) is 4.24. The molecular weight excluding hydrogens is 306 g/mol. The number of rotatable bonds is 4. The lowest BCUT2D eigenvalue weighted by Gasteiger charge is -2.27. The van der Waals surface area contributed by atoms with Crippen LogP contribution in [-0.4, -0.2) is 39.5 Å². The molecule has 1 aliphatic rings. The molecule has 0 fully saturated rings. The average Bonchev–Trinajstić information content (AvgIpc) is 3.00. The summed E-state index contributed by atoms with van der Waals surface area (Å²) in [4.78, 5) is 30.5. The van der Waals surface area contributed by atoms with Crippen molar-refractivity contribution in [2.45, 2.75) is 33.4 Å². The fourth-order valence-electron chi connectivity index (χ4n) is 2.85. The molecule has 0 N–H and O–H groups in total. The van der Waals surface area contributed by atoms with Crippen LogP contribution < -0.4 is 0 Å². The molecule has 6 heteroatoms. The van der Waals surface area contributed by atoms with Crippen LogP contribution >= 0.6 is 0 Å². The average molecular weight is 327 g/mol. The van der Waals surface area contributed by atoms with Gasteiger partial charge in [0.25, 0.3) is 0 Å². The number of hydrogen-bond donors (Lipinski definition) is 0. The molecule has 3 rings (SSSR count). The summed E-state index contributed by atoms with van der Waals surface area (Å²) in [5.41, 5.74) is 2.47. The van der Waals surface area contributed by atoms with Gasteiger partial charge in [-0.05, 0) is 25.0 Å². The number of aromatic nitrogens is 2. The van der Waals surface area contributed by atoms with Gasteiger partial charge in [-0.25, -0.2) is 9.78 Å². The van der Waals surface area contributed by atoms with Gasteiger partial charge in [0.1, 0.15) is 5.82 Å². The monoisotopic (exact) mass is 327 g/mol. The lowest BCUT2D eigenvalue weighted by atomic mass is 10.1. The zero-order chi connectivity index (χ0) is 17.1. The van der Waals surface area contributed by atoms with Gasteiger partial charge in [-0.2, -0.15) is 0 Å². The summed E-state index contributed by atoms with van der Waals surface area (Å²) in [5, 5.41) is 0. The number of esters is 1. The molecule has 0 atom stereocenters. The summed E-state index contributed by atoms with van der Waals surface area (Å²) in [6.07, 6.45) is 2.09. The van der Waals surface area contributed by atoms with E-state index in [1.165, 1.54) is 0 Å². The van der Waals surface area contributed by atoms with Gasteiger partial charge in [0, 0.05) is 19.3 Å². The molecule has 0 spiro atoms. The highest BCUT2D eigenvalue weighted by atomic mass is 16.5. The van der Waals surface area contributed by atoms with Crippen molar-refractivity contribution in [1.29, 1.82) is 0 Å². The van der Waals surface area contributed by atoms with E-state index in [1.807, 2.05) is 35.8 Å². The summed E-state index contributed by atoms with van der Waals surface area (Å²) < 4.78 is 6.90. The van der Waals surface area contributed by atoms with Crippen LogP contribution in [0.1, 0.15) is 34.4 Å². The minimum absolute atomic E-state index is 0.0798. The molecule has 6 nitrogen and oxygen atoms in total. The van der Waals surface area contributed by atoms with Crippen LogP contribution in [0.15, 0.2) is 30.5 Å². The largest absolute Gasteiger partial charge is 0.461 e. The molecule has 1 aliphatic heterocycles. The Morgan fingerprint density at radius 2 is 2.04 bits per heavy atom. The van der Waals surface area contributed by atoms with Crippen LogP contribution in [0.3, 0.4) is 0 Å². The predicted molar refractivity (Wildman–Crippen MR) is 88.5 cm³/mol. The molecular formula is C18H21N3O3. The highest BCUT2D eigenvalue weighted by Crippen LogP contribution is 2.16.